The molecule has 0 aromatic heterocycles. The van der Waals surface area contributed by atoms with E-state index in [0.29, 0.717) is 0 Å². The van der Waals surface area contributed by atoms with Gasteiger partial charge in [-0.25, -0.2) is 0 Å². The standard InChI is InChI=1S/C39H65N9O20/c1-14(34(58)48-21(33(42)57)10-11-25(53)47-22(9-7-8-20(40)32(41)56)36(60)44-15(2)37(61)62)43-35(59)16(3)65-31-27(46-18(5)51)38(63)66-24(13-64-19(6)52)30(31)68-39-26(45-17(4)50)29(55)28(54)23(12-49)67-39/h14-16,20-24,26-31,38-39,49,54-55,63H,7-13,40H2,1-6H3,(H2,41,56)(H2,42,57)(H,43,59)(H,44,60)(H,45,50)(H,46,51)(H,47,53)(H,48,58)(H,61,62)/t14-,15+,16-,20+,21+,22-,23+,24+,26+,27+,28+,29+,30+,31+,38-,39-/m0/s1. The van der Waals surface area contributed by atoms with Crippen LogP contribution in [0, 0.1) is 0 Å². The zero-order chi connectivity index (χ0) is 51.7. The largest absolute Gasteiger partial charge is 0.480 e. The first-order chi connectivity index (χ1) is 31.7. The van der Waals surface area contributed by atoms with Gasteiger partial charge in [0.25, 0.3) is 0 Å². The van der Waals surface area contributed by atoms with Gasteiger partial charge in [0.1, 0.15) is 85.6 Å². The fourth-order valence-electron chi connectivity index (χ4n) is 6.86. The molecule has 17 N–H and O–H groups in total. The Morgan fingerprint density at radius 3 is 1.82 bits per heavy atom. The molecule has 29 nitrogen and oxygen atoms in total. The van der Waals surface area contributed by atoms with Crippen LogP contribution >= 0.6 is 0 Å². The lowest BCUT2D eigenvalue weighted by molar-refractivity contribution is -0.333. The predicted molar refractivity (Wildman–Crippen MR) is 226 cm³/mol. The predicted octanol–water partition coefficient (Wildman–Crippen LogP) is -7.81. The van der Waals surface area contributed by atoms with Gasteiger partial charge in [-0.2, -0.15) is 0 Å². The molecule has 0 bridgehead atoms. The van der Waals surface area contributed by atoms with Crippen LogP contribution in [0.2, 0.25) is 0 Å². The molecule has 68 heavy (non-hydrogen) atoms. The molecule has 2 heterocycles. The number of aliphatic hydroxyl groups is 4. The average molecular weight is 980 g/mol. The summed E-state index contributed by atoms with van der Waals surface area (Å²) in [4.78, 5) is 124. The highest BCUT2D eigenvalue weighted by Gasteiger charge is 2.53. The highest BCUT2D eigenvalue weighted by atomic mass is 16.7. The van der Waals surface area contributed by atoms with Crippen molar-refractivity contribution in [3.8, 4) is 0 Å². The fourth-order valence-corrected chi connectivity index (χ4v) is 6.86. The van der Waals surface area contributed by atoms with Crippen molar-refractivity contribution >= 4 is 59.2 Å². The van der Waals surface area contributed by atoms with Crippen molar-refractivity contribution in [2.45, 2.75) is 171 Å². The summed E-state index contributed by atoms with van der Waals surface area (Å²) in [5.74, 6) is -9.24. The van der Waals surface area contributed by atoms with Gasteiger partial charge in [0.2, 0.25) is 47.3 Å². The maximum absolute atomic E-state index is 13.6. The first-order valence-electron chi connectivity index (χ1n) is 21.4. The summed E-state index contributed by atoms with van der Waals surface area (Å²) in [6, 6.07) is -9.78. The number of hydrogen-bond acceptors (Lipinski definition) is 20. The Hall–Kier alpha value is -5.66. The molecular weight excluding hydrogens is 914 g/mol. The third-order valence-corrected chi connectivity index (χ3v) is 10.6. The second-order valence-electron chi connectivity index (χ2n) is 16.2. The number of rotatable bonds is 26. The third-order valence-electron chi connectivity index (χ3n) is 10.6. The number of carboxylic acids is 1. The smallest absolute Gasteiger partial charge is 0.325 e. The minimum atomic E-state index is -1.93. The van der Waals surface area contributed by atoms with Crippen LogP contribution in [0.4, 0.5) is 0 Å². The van der Waals surface area contributed by atoms with Gasteiger partial charge in [-0.05, 0) is 46.5 Å². The summed E-state index contributed by atoms with van der Waals surface area (Å²) < 4.78 is 28.7. The number of ether oxygens (including phenoxy) is 5. The van der Waals surface area contributed by atoms with Crippen LogP contribution < -0.4 is 49.1 Å². The van der Waals surface area contributed by atoms with Crippen LogP contribution in [0.25, 0.3) is 0 Å². The normalized spacial score (nSPS) is 27.3. The monoisotopic (exact) mass is 979 g/mol. The molecule has 0 aromatic rings. The number of carbonyl (C=O) groups excluding carboxylic acids is 9. The van der Waals surface area contributed by atoms with E-state index in [1.807, 2.05) is 0 Å². The molecule has 16 atom stereocenters. The molecule has 2 aliphatic heterocycles. The Bertz CT molecular complexity index is 1810. The number of amides is 8. The van der Waals surface area contributed by atoms with Crippen molar-refractivity contribution in [1.82, 2.24) is 31.9 Å². The topological polar surface area (TPSA) is 468 Å². The Morgan fingerprint density at radius 1 is 0.676 bits per heavy atom. The molecule has 29 heteroatoms. The molecule has 0 unspecified atom stereocenters. The van der Waals surface area contributed by atoms with E-state index in [-0.39, 0.29) is 19.3 Å². The molecule has 0 aliphatic carbocycles. The summed E-state index contributed by atoms with van der Waals surface area (Å²) in [7, 11) is 0. The molecule has 2 fully saturated rings. The number of nitrogens with two attached hydrogens (primary N) is 3. The number of hydrogen-bond donors (Lipinski definition) is 14. The molecule has 2 rings (SSSR count). The van der Waals surface area contributed by atoms with E-state index >= 15 is 0 Å². The van der Waals surface area contributed by atoms with Crippen molar-refractivity contribution in [3.63, 3.8) is 0 Å². The Morgan fingerprint density at radius 2 is 1.28 bits per heavy atom. The van der Waals surface area contributed by atoms with Crippen LogP contribution in [-0.2, 0) is 71.6 Å². The number of aliphatic hydroxyl groups excluding tert-OH is 4. The molecule has 0 radical (unpaired) electrons. The van der Waals surface area contributed by atoms with Crippen molar-refractivity contribution in [3.05, 3.63) is 0 Å². The van der Waals surface area contributed by atoms with Crippen LogP contribution in [-0.4, -0.2) is 196 Å². The summed E-state index contributed by atoms with van der Waals surface area (Å²) in [5.41, 5.74) is 16.3. The summed E-state index contributed by atoms with van der Waals surface area (Å²) in [5, 5.41) is 65.6. The van der Waals surface area contributed by atoms with Crippen molar-refractivity contribution in [1.29, 1.82) is 0 Å². The fraction of sp³-hybridized carbons (Fsp3) is 0.744. The number of aliphatic carboxylic acids is 1. The van der Waals surface area contributed by atoms with Crippen LogP contribution in [0.3, 0.4) is 0 Å². The minimum Gasteiger partial charge on any atom is -0.480 e. The molecule has 8 amide bonds. The van der Waals surface area contributed by atoms with Gasteiger partial charge in [-0.1, -0.05) is 0 Å². The lowest BCUT2D eigenvalue weighted by Gasteiger charge is -2.48. The van der Waals surface area contributed by atoms with Crippen LogP contribution in [0.15, 0.2) is 0 Å². The van der Waals surface area contributed by atoms with Gasteiger partial charge in [-0.15, -0.1) is 0 Å². The van der Waals surface area contributed by atoms with E-state index < -0.39 is 183 Å². The van der Waals surface area contributed by atoms with Gasteiger partial charge >= 0.3 is 11.9 Å². The Balaban J connectivity index is 2.28. The van der Waals surface area contributed by atoms with E-state index in [1.54, 1.807) is 0 Å². The zero-order valence-electron chi connectivity index (χ0n) is 38.3. The van der Waals surface area contributed by atoms with E-state index in [1.165, 1.54) is 20.8 Å². The molecule has 2 aliphatic rings. The van der Waals surface area contributed by atoms with Gasteiger partial charge < -0.3 is 98.3 Å². The van der Waals surface area contributed by atoms with E-state index in [4.69, 9.17) is 40.9 Å². The summed E-state index contributed by atoms with van der Waals surface area (Å²) in [6.45, 7) is 5.30. The maximum Gasteiger partial charge on any atom is 0.325 e. The summed E-state index contributed by atoms with van der Waals surface area (Å²) in [6.07, 6.45) is -16.0. The quantitative estimate of drug-likeness (QED) is 0.0358. The molecule has 386 valence electrons. The first-order valence-corrected chi connectivity index (χ1v) is 21.4. The van der Waals surface area contributed by atoms with Crippen molar-refractivity contribution in [2.75, 3.05) is 13.2 Å². The molecule has 0 spiro atoms. The highest BCUT2D eigenvalue weighted by molar-refractivity contribution is 5.93. The Labute approximate surface area is 389 Å². The van der Waals surface area contributed by atoms with E-state index in [9.17, 15) is 73.5 Å². The number of primary amides is 2. The lowest BCUT2D eigenvalue weighted by atomic mass is 9.94. The van der Waals surface area contributed by atoms with Crippen LogP contribution in [0.1, 0.15) is 73.6 Å². The molecular formula is C39H65N9O20. The van der Waals surface area contributed by atoms with Gasteiger partial charge in [0.05, 0.1) is 12.6 Å². The first kappa shape index (κ1) is 58.5. The highest BCUT2D eigenvalue weighted by Crippen LogP contribution is 2.31. The van der Waals surface area contributed by atoms with E-state index in [2.05, 4.69) is 31.9 Å². The number of nitrogens with one attached hydrogen (secondary N) is 6. The minimum absolute atomic E-state index is 0.0319. The number of esters is 1. The lowest BCUT2D eigenvalue weighted by Crippen LogP contribution is -2.70. The molecule has 0 saturated carbocycles. The molecule has 0 aromatic carbocycles. The summed E-state index contributed by atoms with van der Waals surface area (Å²) >= 11 is 0. The number of carboxylic acid groups (broad SMARTS) is 1. The maximum atomic E-state index is 13.6. The van der Waals surface area contributed by atoms with E-state index in [0.717, 1.165) is 20.8 Å². The second kappa shape index (κ2) is 27.4. The van der Waals surface area contributed by atoms with Gasteiger partial charge in [-0.3, -0.25) is 47.9 Å². The van der Waals surface area contributed by atoms with Crippen molar-refractivity contribution < 1.29 is 97.2 Å². The van der Waals surface area contributed by atoms with Gasteiger partial charge in [0, 0.05) is 27.2 Å². The Kier molecular flexibility index (Phi) is 23.5. The van der Waals surface area contributed by atoms with Gasteiger partial charge in [0.15, 0.2) is 12.6 Å². The second-order valence-corrected chi connectivity index (χ2v) is 16.2. The zero-order valence-corrected chi connectivity index (χ0v) is 38.3. The SMILES string of the molecule is CC(=O)N[C@@H]1[C@@H](O[C@@H](C)C(=O)N[C@@H](C)C(=O)N[C@H](CCC(=O)N[C@@H](CCC[C@@H](N)C(N)=O)C(=O)N[C@H](C)C(=O)O)C(N)=O)[C@H](O[C@@H]2O[C@H](CO)[C@@H](O)[C@H](O)[C@H]2NC(C)=O)[C@@H](COC(C)=O)O[C@@H]1O. The number of carbonyl (C=O) groups is 10. The molecule has 2 saturated heterocycles. The third kappa shape index (κ3) is 18.1. The van der Waals surface area contributed by atoms with Crippen molar-refractivity contribution in [2.24, 2.45) is 17.2 Å². The average Bonchev–Trinajstić information content (AvgIpc) is 3.24. The van der Waals surface area contributed by atoms with Crippen LogP contribution in [0.5, 0.6) is 0 Å².